The maximum absolute atomic E-state index is 9.58. The molecule has 8 nitrogen and oxygen atoms in total. The topological polar surface area (TPSA) is 104 Å². The van der Waals surface area contributed by atoms with Gasteiger partial charge in [-0.1, -0.05) is 6.07 Å². The standard InChI is InChI=1S/C18H22N4O4S2/c1-24-12-7-15(28-14(12)9-23)22-8-13-17(21-18(22)27)20-16-10(25-6-5-19)3-2-4-11(16)26-13/h2-4,8,12,14-15,23H,5-7,9,19H2,1H3,(H,20,21,27)/t12?,14-,15-/m1/s1. The maximum Gasteiger partial charge on any atom is 0.202 e. The second-order valence-corrected chi connectivity index (χ2v) is 8.25. The molecule has 3 heterocycles. The van der Waals surface area contributed by atoms with Crippen LogP contribution in [-0.4, -0.2) is 52.9 Å². The highest BCUT2D eigenvalue weighted by Gasteiger charge is 2.36. The van der Waals surface area contributed by atoms with Crippen LogP contribution in [0.3, 0.4) is 0 Å². The highest BCUT2D eigenvalue weighted by atomic mass is 32.2. The fourth-order valence-corrected chi connectivity index (χ4v) is 5.17. The minimum Gasteiger partial charge on any atom is -0.490 e. The molecule has 0 radical (unpaired) electrons. The van der Waals surface area contributed by atoms with Crippen molar-refractivity contribution in [3.05, 3.63) is 29.2 Å². The third kappa shape index (κ3) is 3.58. The van der Waals surface area contributed by atoms with Gasteiger partial charge in [-0.05, 0) is 24.4 Å². The van der Waals surface area contributed by atoms with Crippen molar-refractivity contribution in [2.24, 2.45) is 5.73 Å². The first-order valence-electron chi connectivity index (χ1n) is 8.97. The van der Waals surface area contributed by atoms with E-state index in [9.17, 15) is 5.11 Å². The van der Waals surface area contributed by atoms with E-state index in [0.717, 1.165) is 6.42 Å². The Morgan fingerprint density at radius 3 is 3.04 bits per heavy atom. The molecule has 2 aromatic rings. The number of fused-ring (bicyclic) bond motifs is 2. The zero-order chi connectivity index (χ0) is 19.7. The molecule has 1 unspecified atom stereocenters. The molecular weight excluding hydrogens is 400 g/mol. The summed E-state index contributed by atoms with van der Waals surface area (Å²) in [7, 11) is 1.66. The van der Waals surface area contributed by atoms with Crippen LogP contribution in [-0.2, 0) is 4.74 Å². The van der Waals surface area contributed by atoms with Crippen molar-refractivity contribution in [3.8, 4) is 17.2 Å². The molecule has 1 aromatic carbocycles. The quantitative estimate of drug-likeness (QED) is 0.517. The molecule has 3 atom stereocenters. The number of nitrogens with zero attached hydrogens (tertiary/aromatic N) is 2. The molecule has 1 fully saturated rings. The van der Waals surface area contributed by atoms with Gasteiger partial charge in [0.25, 0.3) is 0 Å². The first-order chi connectivity index (χ1) is 13.6. The first-order valence-corrected chi connectivity index (χ1v) is 10.3. The number of benzene rings is 1. The summed E-state index contributed by atoms with van der Waals surface area (Å²) in [4.78, 5) is 4.53. The normalized spacial score (nSPS) is 22.8. The van der Waals surface area contributed by atoms with Crippen molar-refractivity contribution in [3.63, 3.8) is 0 Å². The van der Waals surface area contributed by atoms with E-state index >= 15 is 0 Å². The van der Waals surface area contributed by atoms with Gasteiger partial charge in [0.15, 0.2) is 17.3 Å². The zero-order valence-electron chi connectivity index (χ0n) is 15.3. The lowest BCUT2D eigenvalue weighted by Crippen LogP contribution is -2.23. The van der Waals surface area contributed by atoms with Crippen LogP contribution in [0.25, 0.3) is 0 Å². The summed E-state index contributed by atoms with van der Waals surface area (Å²) >= 11 is 7.15. The van der Waals surface area contributed by atoms with E-state index in [4.69, 9.17) is 32.2 Å². The van der Waals surface area contributed by atoms with Crippen LogP contribution in [0.4, 0.5) is 11.5 Å². The second kappa shape index (κ2) is 8.26. The van der Waals surface area contributed by atoms with Crippen LogP contribution in [0.15, 0.2) is 24.4 Å². The molecule has 0 bridgehead atoms. The van der Waals surface area contributed by atoms with E-state index in [-0.39, 0.29) is 23.3 Å². The Labute approximate surface area is 172 Å². The van der Waals surface area contributed by atoms with Gasteiger partial charge in [-0.25, -0.2) is 0 Å². The maximum atomic E-state index is 9.58. The molecule has 2 aliphatic heterocycles. The summed E-state index contributed by atoms with van der Waals surface area (Å²) in [5.41, 5.74) is 6.24. The van der Waals surface area contributed by atoms with Gasteiger partial charge in [0.2, 0.25) is 4.77 Å². The molecule has 4 N–H and O–H groups in total. The van der Waals surface area contributed by atoms with Gasteiger partial charge in [0, 0.05) is 20.1 Å². The number of hydrogen-bond donors (Lipinski definition) is 3. The van der Waals surface area contributed by atoms with Crippen LogP contribution in [0.2, 0.25) is 0 Å². The fourth-order valence-electron chi connectivity index (χ4n) is 3.35. The number of aliphatic hydroxyl groups excluding tert-OH is 1. The molecule has 0 saturated carbocycles. The highest BCUT2D eigenvalue weighted by Crippen LogP contribution is 2.47. The van der Waals surface area contributed by atoms with E-state index in [1.807, 2.05) is 29.0 Å². The van der Waals surface area contributed by atoms with Crippen molar-refractivity contribution >= 4 is 35.5 Å². The number of methoxy groups -OCH3 is 1. The molecule has 28 heavy (non-hydrogen) atoms. The fraction of sp³-hybridized carbons (Fsp3) is 0.444. The predicted molar refractivity (Wildman–Crippen MR) is 110 cm³/mol. The summed E-state index contributed by atoms with van der Waals surface area (Å²) in [6.45, 7) is 0.888. The number of para-hydroxylation sites is 1. The molecule has 4 rings (SSSR count). The van der Waals surface area contributed by atoms with E-state index < -0.39 is 0 Å². The zero-order valence-corrected chi connectivity index (χ0v) is 17.0. The van der Waals surface area contributed by atoms with Gasteiger partial charge in [-0.15, -0.1) is 11.8 Å². The summed E-state index contributed by atoms with van der Waals surface area (Å²) in [5, 5.41) is 12.9. The van der Waals surface area contributed by atoms with Gasteiger partial charge in [0.1, 0.15) is 18.0 Å². The molecule has 0 amide bonds. The van der Waals surface area contributed by atoms with Crippen molar-refractivity contribution in [1.82, 2.24) is 9.55 Å². The third-order valence-corrected chi connectivity index (χ3v) is 6.56. The van der Waals surface area contributed by atoms with Gasteiger partial charge in [0.05, 0.1) is 29.5 Å². The van der Waals surface area contributed by atoms with Crippen molar-refractivity contribution in [2.75, 3.05) is 32.2 Å². The van der Waals surface area contributed by atoms with E-state index in [0.29, 0.717) is 46.7 Å². The minimum atomic E-state index is -0.0278. The lowest BCUT2D eigenvalue weighted by atomic mass is 10.2. The molecule has 150 valence electrons. The Balaban J connectivity index is 1.63. The number of rotatable bonds is 6. The minimum absolute atomic E-state index is 0.00922. The second-order valence-electron chi connectivity index (χ2n) is 6.46. The van der Waals surface area contributed by atoms with Crippen LogP contribution in [0, 0.1) is 4.77 Å². The molecule has 10 heteroatoms. The Bertz CT molecular complexity index is 911. The van der Waals surface area contributed by atoms with Crippen LogP contribution < -0.4 is 20.5 Å². The molecule has 1 aromatic heterocycles. The number of ether oxygens (including phenoxy) is 3. The first kappa shape index (κ1) is 19.5. The average Bonchev–Trinajstić information content (AvgIpc) is 3.13. The number of hydrogen-bond acceptors (Lipinski definition) is 9. The molecule has 1 saturated heterocycles. The molecule has 0 aliphatic carbocycles. The molecular formula is C18H22N4O4S2. The number of aromatic nitrogens is 2. The van der Waals surface area contributed by atoms with Crippen molar-refractivity contribution in [1.29, 1.82) is 0 Å². The van der Waals surface area contributed by atoms with Crippen molar-refractivity contribution < 1.29 is 19.3 Å². The SMILES string of the molecule is COC1C[C@H](n2cc3c(nc2=S)Nc2c(OCCN)cccc2O3)S[C@@H]1CO. The lowest BCUT2D eigenvalue weighted by molar-refractivity contribution is 0.0813. The lowest BCUT2D eigenvalue weighted by Gasteiger charge is -2.25. The predicted octanol–water partition coefficient (Wildman–Crippen LogP) is 2.81. The van der Waals surface area contributed by atoms with E-state index in [2.05, 4.69) is 10.3 Å². The monoisotopic (exact) mass is 422 g/mol. The Kier molecular flexibility index (Phi) is 5.74. The number of thioether (sulfide) groups is 1. The van der Waals surface area contributed by atoms with Gasteiger partial charge >= 0.3 is 0 Å². The summed E-state index contributed by atoms with van der Waals surface area (Å²) in [6.07, 6.45) is 2.57. The molecule has 0 spiro atoms. The largest absolute Gasteiger partial charge is 0.490 e. The van der Waals surface area contributed by atoms with Gasteiger partial charge < -0.3 is 34.9 Å². The van der Waals surface area contributed by atoms with Crippen LogP contribution in [0.5, 0.6) is 17.2 Å². The van der Waals surface area contributed by atoms with Gasteiger partial charge in [-0.2, -0.15) is 4.98 Å². The average molecular weight is 423 g/mol. The number of nitrogens with one attached hydrogen (secondary N) is 1. The van der Waals surface area contributed by atoms with E-state index in [1.165, 1.54) is 0 Å². The smallest absolute Gasteiger partial charge is 0.202 e. The number of nitrogens with two attached hydrogens (primary N) is 1. The Morgan fingerprint density at radius 1 is 1.46 bits per heavy atom. The summed E-state index contributed by atoms with van der Waals surface area (Å²) < 4.78 is 19.6. The molecule has 2 aliphatic rings. The Morgan fingerprint density at radius 2 is 2.32 bits per heavy atom. The Hall–Kier alpha value is -1.85. The third-order valence-electron chi connectivity index (χ3n) is 4.72. The summed E-state index contributed by atoms with van der Waals surface area (Å²) in [5.74, 6) is 2.43. The van der Waals surface area contributed by atoms with Gasteiger partial charge in [-0.3, -0.25) is 0 Å². The highest BCUT2D eigenvalue weighted by molar-refractivity contribution is 8.00. The van der Waals surface area contributed by atoms with Crippen LogP contribution >= 0.6 is 24.0 Å². The van der Waals surface area contributed by atoms with E-state index in [1.54, 1.807) is 18.9 Å². The number of aliphatic hydroxyl groups is 1. The summed E-state index contributed by atoms with van der Waals surface area (Å²) in [6, 6.07) is 5.57. The van der Waals surface area contributed by atoms with Crippen molar-refractivity contribution in [2.45, 2.75) is 23.1 Å². The van der Waals surface area contributed by atoms with Crippen LogP contribution in [0.1, 0.15) is 11.8 Å². The number of anilines is 2.